The number of nitrogens with zero attached hydrogens (tertiary/aromatic N) is 4. The van der Waals surface area contributed by atoms with E-state index in [0.29, 0.717) is 36.0 Å². The second-order valence-corrected chi connectivity index (χ2v) is 11.2. The average molecular weight is 467 g/mol. The van der Waals surface area contributed by atoms with Crippen LogP contribution in [-0.2, 0) is 10.0 Å². The summed E-state index contributed by atoms with van der Waals surface area (Å²) < 4.78 is 29.4. The number of hydrogen-bond acceptors (Lipinski definition) is 5. The van der Waals surface area contributed by atoms with Crippen molar-refractivity contribution in [2.45, 2.75) is 11.1 Å². The van der Waals surface area contributed by atoms with E-state index < -0.39 is 10.0 Å². The van der Waals surface area contributed by atoms with Crippen molar-refractivity contribution in [3.63, 3.8) is 0 Å². The third kappa shape index (κ3) is 3.72. The fourth-order valence-corrected chi connectivity index (χ4v) is 6.78. The molecule has 1 aliphatic rings. The van der Waals surface area contributed by atoms with Gasteiger partial charge in [0.1, 0.15) is 10.5 Å². The number of aromatic nitrogens is 2. The van der Waals surface area contributed by atoms with Crippen LogP contribution in [0.1, 0.15) is 15.2 Å². The highest BCUT2D eigenvalue weighted by Crippen LogP contribution is 2.25. The number of carbonyl (C=O) groups excluding carboxylic acids is 1. The Morgan fingerprint density at radius 3 is 2.34 bits per heavy atom. The molecule has 5 rings (SSSR count). The van der Waals surface area contributed by atoms with Crippen LogP contribution in [0.15, 0.2) is 71.2 Å². The van der Waals surface area contributed by atoms with E-state index in [0.717, 1.165) is 21.6 Å². The number of thiophene rings is 1. The lowest BCUT2D eigenvalue weighted by atomic mass is 10.1. The molecule has 7 nitrogen and oxygen atoms in total. The molecule has 1 amide bonds. The lowest BCUT2D eigenvalue weighted by Gasteiger charge is -2.33. The van der Waals surface area contributed by atoms with Crippen molar-refractivity contribution >= 4 is 38.3 Å². The van der Waals surface area contributed by atoms with Crippen molar-refractivity contribution in [2.24, 2.45) is 0 Å². The van der Waals surface area contributed by atoms with Gasteiger partial charge in [0.05, 0.1) is 11.0 Å². The third-order valence-electron chi connectivity index (χ3n) is 5.68. The second-order valence-electron chi connectivity index (χ2n) is 7.71. The first-order chi connectivity index (χ1) is 15.4. The van der Waals surface area contributed by atoms with Gasteiger partial charge < -0.3 is 4.90 Å². The van der Waals surface area contributed by atoms with Crippen LogP contribution in [0.4, 0.5) is 0 Å². The molecule has 3 heterocycles. The zero-order valence-electron chi connectivity index (χ0n) is 17.5. The summed E-state index contributed by atoms with van der Waals surface area (Å²) in [4.78, 5) is 20.1. The number of hydrogen-bond donors (Lipinski definition) is 0. The van der Waals surface area contributed by atoms with E-state index in [4.69, 9.17) is 0 Å². The van der Waals surface area contributed by atoms with Gasteiger partial charge in [-0.2, -0.15) is 4.31 Å². The number of benzene rings is 2. The predicted molar refractivity (Wildman–Crippen MR) is 125 cm³/mol. The molecule has 0 N–H and O–H groups in total. The Balaban J connectivity index is 1.27. The van der Waals surface area contributed by atoms with Gasteiger partial charge in [0.25, 0.3) is 15.9 Å². The SMILES string of the molecule is Cc1ccc(S(=O)(=O)N2CCN(C(=O)c3ccc(-n4cnc5ccccc54)cc3)CC2)s1. The van der Waals surface area contributed by atoms with Gasteiger partial charge in [-0.1, -0.05) is 12.1 Å². The molecule has 0 atom stereocenters. The molecule has 1 fully saturated rings. The van der Waals surface area contributed by atoms with E-state index in [1.807, 2.05) is 66.1 Å². The fraction of sp³-hybridized carbons (Fsp3) is 0.217. The van der Waals surface area contributed by atoms with Gasteiger partial charge in [-0.25, -0.2) is 13.4 Å². The second kappa shape index (κ2) is 8.16. The number of para-hydroxylation sites is 2. The zero-order chi connectivity index (χ0) is 22.3. The topological polar surface area (TPSA) is 75.5 Å². The maximum atomic E-state index is 13.0. The highest BCUT2D eigenvalue weighted by Gasteiger charge is 2.31. The lowest BCUT2D eigenvalue weighted by Crippen LogP contribution is -2.50. The molecule has 2 aromatic carbocycles. The van der Waals surface area contributed by atoms with Gasteiger partial charge in [-0.3, -0.25) is 9.36 Å². The van der Waals surface area contributed by atoms with E-state index in [1.54, 1.807) is 17.3 Å². The molecule has 1 saturated heterocycles. The molecular weight excluding hydrogens is 444 g/mol. The molecule has 0 spiro atoms. The summed E-state index contributed by atoms with van der Waals surface area (Å²) in [6, 6.07) is 18.8. The molecule has 0 radical (unpaired) electrons. The maximum absolute atomic E-state index is 13.0. The van der Waals surface area contributed by atoms with Crippen LogP contribution < -0.4 is 0 Å². The minimum absolute atomic E-state index is 0.0870. The minimum Gasteiger partial charge on any atom is -0.336 e. The van der Waals surface area contributed by atoms with Gasteiger partial charge in [0, 0.05) is 42.3 Å². The van der Waals surface area contributed by atoms with Crippen LogP contribution in [-0.4, -0.2) is 59.3 Å². The first kappa shape index (κ1) is 20.9. The largest absolute Gasteiger partial charge is 0.336 e. The van der Waals surface area contributed by atoms with Crippen LogP contribution >= 0.6 is 11.3 Å². The third-order valence-corrected chi connectivity index (χ3v) is 9.05. The lowest BCUT2D eigenvalue weighted by molar-refractivity contribution is 0.0698. The molecule has 32 heavy (non-hydrogen) atoms. The van der Waals surface area contributed by atoms with Crippen molar-refractivity contribution in [1.82, 2.24) is 18.8 Å². The summed E-state index contributed by atoms with van der Waals surface area (Å²) >= 11 is 1.28. The van der Waals surface area contributed by atoms with Crippen molar-refractivity contribution < 1.29 is 13.2 Å². The van der Waals surface area contributed by atoms with Crippen LogP contribution in [0, 0.1) is 6.92 Å². The standard InChI is InChI=1S/C23H22N4O3S2/c1-17-6-11-22(31-17)32(29,30)26-14-12-25(13-15-26)23(28)18-7-9-19(10-8-18)27-16-24-20-4-2-3-5-21(20)27/h2-11,16H,12-15H2,1H3. The average Bonchev–Trinajstić information content (AvgIpc) is 3.46. The molecule has 9 heteroatoms. The van der Waals surface area contributed by atoms with E-state index in [1.165, 1.54) is 15.6 Å². The van der Waals surface area contributed by atoms with Crippen molar-refractivity contribution in [1.29, 1.82) is 0 Å². The first-order valence-corrected chi connectivity index (χ1v) is 12.6. The highest BCUT2D eigenvalue weighted by atomic mass is 32.2. The molecule has 0 aliphatic carbocycles. The number of carbonyl (C=O) groups is 1. The molecule has 4 aromatic rings. The van der Waals surface area contributed by atoms with Gasteiger partial charge in [-0.15, -0.1) is 11.3 Å². The van der Waals surface area contributed by atoms with Gasteiger partial charge in [-0.05, 0) is 55.5 Å². The Labute approximate surface area is 190 Å². The Morgan fingerprint density at radius 2 is 1.66 bits per heavy atom. The zero-order valence-corrected chi connectivity index (χ0v) is 19.1. The van der Waals surface area contributed by atoms with Gasteiger partial charge in [0.15, 0.2) is 0 Å². The molecule has 2 aromatic heterocycles. The van der Waals surface area contributed by atoms with Crippen molar-refractivity contribution in [3.8, 4) is 5.69 Å². The molecule has 1 aliphatic heterocycles. The van der Waals surface area contributed by atoms with Gasteiger partial charge in [0.2, 0.25) is 0 Å². The van der Waals surface area contributed by atoms with E-state index in [-0.39, 0.29) is 5.91 Å². The number of piperazine rings is 1. The molecule has 0 unspecified atom stereocenters. The van der Waals surface area contributed by atoms with E-state index in [9.17, 15) is 13.2 Å². The van der Waals surface area contributed by atoms with Crippen LogP contribution in [0.2, 0.25) is 0 Å². The number of sulfonamides is 1. The summed E-state index contributed by atoms with van der Waals surface area (Å²) in [7, 11) is -3.50. The summed E-state index contributed by atoms with van der Waals surface area (Å²) in [5.41, 5.74) is 3.43. The summed E-state index contributed by atoms with van der Waals surface area (Å²) in [6.45, 7) is 3.22. The molecular formula is C23H22N4O3S2. The number of fused-ring (bicyclic) bond motifs is 1. The normalized spacial score (nSPS) is 15.3. The Bertz CT molecular complexity index is 1380. The number of imidazole rings is 1. The first-order valence-electron chi connectivity index (χ1n) is 10.3. The summed E-state index contributed by atoms with van der Waals surface area (Å²) in [5.74, 6) is -0.0870. The monoisotopic (exact) mass is 466 g/mol. The van der Waals surface area contributed by atoms with Crippen LogP contribution in [0.5, 0.6) is 0 Å². The predicted octanol–water partition coefficient (Wildman–Crippen LogP) is 3.54. The maximum Gasteiger partial charge on any atom is 0.253 e. The van der Waals surface area contributed by atoms with E-state index in [2.05, 4.69) is 4.98 Å². The van der Waals surface area contributed by atoms with Crippen LogP contribution in [0.3, 0.4) is 0 Å². The fourth-order valence-electron chi connectivity index (χ4n) is 3.92. The highest BCUT2D eigenvalue weighted by molar-refractivity contribution is 7.91. The number of amides is 1. The quantitative estimate of drug-likeness (QED) is 0.461. The van der Waals surface area contributed by atoms with Gasteiger partial charge >= 0.3 is 0 Å². The Kier molecular flexibility index (Phi) is 5.32. The number of rotatable bonds is 4. The number of aryl methyl sites for hydroxylation is 1. The van der Waals surface area contributed by atoms with Crippen molar-refractivity contribution in [2.75, 3.05) is 26.2 Å². The smallest absolute Gasteiger partial charge is 0.253 e. The summed E-state index contributed by atoms with van der Waals surface area (Å²) in [6.07, 6.45) is 1.77. The molecule has 0 bridgehead atoms. The summed E-state index contributed by atoms with van der Waals surface area (Å²) in [5, 5.41) is 0. The minimum atomic E-state index is -3.50. The van der Waals surface area contributed by atoms with Crippen molar-refractivity contribution in [3.05, 3.63) is 77.4 Å². The van der Waals surface area contributed by atoms with Crippen LogP contribution in [0.25, 0.3) is 16.7 Å². The van der Waals surface area contributed by atoms with E-state index >= 15 is 0 Å². The molecule has 164 valence electrons. The molecule has 0 saturated carbocycles. The Morgan fingerprint density at radius 1 is 0.938 bits per heavy atom. The Hall–Kier alpha value is -3.01.